The number of benzene rings is 1. The molecule has 0 aliphatic heterocycles. The van der Waals surface area contributed by atoms with Gasteiger partial charge in [0.2, 0.25) is 5.91 Å². The van der Waals surface area contributed by atoms with Crippen molar-refractivity contribution in [3.05, 3.63) is 24.3 Å². The molecule has 0 radical (unpaired) electrons. The Balaban J connectivity index is 1.78. The smallest absolute Gasteiger partial charge is 0.307 e. The number of carbonyl (C=O) groups is 2. The predicted octanol–water partition coefficient (Wildman–Crippen LogP) is 6.04. The number of hydrogen-bond donors (Lipinski definition) is 2. The van der Waals surface area contributed by atoms with E-state index in [1.54, 1.807) is 0 Å². The van der Waals surface area contributed by atoms with Gasteiger partial charge in [0.25, 0.3) is 0 Å². The fraction of sp³-hybridized carbons (Fsp3) is 0.667. The first-order chi connectivity index (χ1) is 14.1. The summed E-state index contributed by atoms with van der Waals surface area (Å²) in [4.78, 5) is 24.2. The SMILES string of the molecule is CCCCCCCCCCOc1ccccc1NC(=O)C1CCCCC1C(=O)O. The number of carboxylic acid groups (broad SMARTS) is 1. The van der Waals surface area contributed by atoms with Crippen LogP contribution in [0, 0.1) is 11.8 Å². The van der Waals surface area contributed by atoms with Crippen LogP contribution in [0.3, 0.4) is 0 Å². The number of aliphatic carboxylic acids is 1. The summed E-state index contributed by atoms with van der Waals surface area (Å²) in [5.41, 5.74) is 0.631. The van der Waals surface area contributed by atoms with Crippen LogP contribution in [0.15, 0.2) is 24.3 Å². The van der Waals surface area contributed by atoms with Crippen molar-refractivity contribution in [3.63, 3.8) is 0 Å². The van der Waals surface area contributed by atoms with Gasteiger partial charge in [-0.15, -0.1) is 0 Å². The molecule has 2 unspecified atom stereocenters. The molecule has 1 aromatic carbocycles. The van der Waals surface area contributed by atoms with E-state index in [1.807, 2.05) is 24.3 Å². The van der Waals surface area contributed by atoms with E-state index in [0.29, 0.717) is 30.9 Å². The van der Waals surface area contributed by atoms with E-state index < -0.39 is 17.8 Å². The molecule has 2 rings (SSSR count). The Hall–Kier alpha value is -2.04. The number of amides is 1. The van der Waals surface area contributed by atoms with Gasteiger partial charge in [-0.2, -0.15) is 0 Å². The van der Waals surface area contributed by atoms with E-state index >= 15 is 0 Å². The first-order valence-corrected chi connectivity index (χ1v) is 11.4. The van der Waals surface area contributed by atoms with Crippen LogP contribution in [0.2, 0.25) is 0 Å². The minimum Gasteiger partial charge on any atom is -0.491 e. The van der Waals surface area contributed by atoms with Crippen molar-refractivity contribution in [1.82, 2.24) is 0 Å². The van der Waals surface area contributed by atoms with Crippen molar-refractivity contribution in [2.75, 3.05) is 11.9 Å². The fourth-order valence-electron chi connectivity index (χ4n) is 4.08. The molecule has 0 saturated heterocycles. The van der Waals surface area contributed by atoms with Gasteiger partial charge in [0.15, 0.2) is 0 Å². The number of hydrogen-bond acceptors (Lipinski definition) is 3. The highest BCUT2D eigenvalue weighted by Crippen LogP contribution is 2.32. The van der Waals surface area contributed by atoms with Crippen molar-refractivity contribution < 1.29 is 19.4 Å². The maximum Gasteiger partial charge on any atom is 0.307 e. The summed E-state index contributed by atoms with van der Waals surface area (Å²) < 4.78 is 5.91. The molecule has 2 N–H and O–H groups in total. The molecule has 0 spiro atoms. The molecular weight excluding hydrogens is 366 g/mol. The highest BCUT2D eigenvalue weighted by Gasteiger charge is 2.35. The number of ether oxygens (including phenoxy) is 1. The average Bonchev–Trinajstić information content (AvgIpc) is 2.73. The topological polar surface area (TPSA) is 75.6 Å². The number of nitrogens with one attached hydrogen (secondary N) is 1. The Morgan fingerprint density at radius 3 is 2.28 bits per heavy atom. The van der Waals surface area contributed by atoms with Crippen LogP contribution >= 0.6 is 0 Å². The number of carbonyl (C=O) groups excluding carboxylic acids is 1. The second kappa shape index (κ2) is 13.2. The van der Waals surface area contributed by atoms with Crippen LogP contribution in [0.25, 0.3) is 0 Å². The van der Waals surface area contributed by atoms with Crippen molar-refractivity contribution in [3.8, 4) is 5.75 Å². The third-order valence-corrected chi connectivity index (χ3v) is 5.82. The summed E-state index contributed by atoms with van der Waals surface area (Å²) in [6, 6.07) is 7.42. The first kappa shape index (κ1) is 23.2. The maximum atomic E-state index is 12.7. The molecule has 29 heavy (non-hydrogen) atoms. The molecule has 5 nitrogen and oxygen atoms in total. The average molecular weight is 404 g/mol. The Bertz CT molecular complexity index is 631. The van der Waals surface area contributed by atoms with E-state index in [1.165, 1.54) is 38.5 Å². The summed E-state index contributed by atoms with van der Waals surface area (Å²) in [6.07, 6.45) is 12.9. The van der Waals surface area contributed by atoms with Crippen molar-refractivity contribution >= 4 is 17.6 Å². The second-order valence-electron chi connectivity index (χ2n) is 8.14. The largest absolute Gasteiger partial charge is 0.491 e. The van der Waals surface area contributed by atoms with Gasteiger partial charge in [-0.25, -0.2) is 0 Å². The number of rotatable bonds is 13. The minimum atomic E-state index is -0.871. The van der Waals surface area contributed by atoms with E-state index in [-0.39, 0.29) is 5.91 Å². The van der Waals surface area contributed by atoms with E-state index in [9.17, 15) is 14.7 Å². The molecule has 0 aromatic heterocycles. The van der Waals surface area contributed by atoms with Crippen LogP contribution < -0.4 is 10.1 Å². The van der Waals surface area contributed by atoms with E-state index in [2.05, 4.69) is 12.2 Å². The Labute approximate surface area is 175 Å². The zero-order valence-electron chi connectivity index (χ0n) is 17.8. The van der Waals surface area contributed by atoms with Crippen molar-refractivity contribution in [2.24, 2.45) is 11.8 Å². The molecule has 1 aliphatic carbocycles. The van der Waals surface area contributed by atoms with Gasteiger partial charge >= 0.3 is 5.97 Å². The van der Waals surface area contributed by atoms with E-state index in [4.69, 9.17) is 4.74 Å². The lowest BCUT2D eigenvalue weighted by molar-refractivity contribution is -0.147. The van der Waals surface area contributed by atoms with Crippen LogP contribution in [0.4, 0.5) is 5.69 Å². The summed E-state index contributed by atoms with van der Waals surface area (Å²) in [5.74, 6) is -1.48. The van der Waals surface area contributed by atoms with Gasteiger partial charge in [0.05, 0.1) is 24.1 Å². The van der Waals surface area contributed by atoms with Crippen LogP contribution in [0.5, 0.6) is 5.75 Å². The zero-order chi connectivity index (χ0) is 20.9. The van der Waals surface area contributed by atoms with Gasteiger partial charge in [-0.05, 0) is 31.4 Å². The Morgan fingerprint density at radius 2 is 1.59 bits per heavy atom. The monoisotopic (exact) mass is 403 g/mol. The molecule has 0 heterocycles. The molecule has 162 valence electrons. The van der Waals surface area contributed by atoms with Gasteiger partial charge in [-0.3, -0.25) is 9.59 Å². The molecule has 1 aromatic rings. The Kier molecular flexibility index (Phi) is 10.6. The highest BCUT2D eigenvalue weighted by molar-refractivity contribution is 5.96. The molecule has 1 aliphatic rings. The summed E-state index contributed by atoms with van der Waals surface area (Å²) in [5, 5.41) is 12.3. The summed E-state index contributed by atoms with van der Waals surface area (Å²) in [7, 11) is 0. The van der Waals surface area contributed by atoms with Crippen LogP contribution in [0.1, 0.15) is 84.0 Å². The number of para-hydroxylation sites is 2. The second-order valence-corrected chi connectivity index (χ2v) is 8.14. The summed E-state index contributed by atoms with van der Waals surface area (Å²) in [6.45, 7) is 2.86. The number of carboxylic acids is 1. The van der Waals surface area contributed by atoms with Crippen LogP contribution in [-0.2, 0) is 9.59 Å². The lowest BCUT2D eigenvalue weighted by Crippen LogP contribution is -2.36. The zero-order valence-corrected chi connectivity index (χ0v) is 17.8. The van der Waals surface area contributed by atoms with Gasteiger partial charge < -0.3 is 15.2 Å². The summed E-state index contributed by atoms with van der Waals surface area (Å²) >= 11 is 0. The minimum absolute atomic E-state index is 0.208. The van der Waals surface area contributed by atoms with E-state index in [0.717, 1.165) is 25.7 Å². The first-order valence-electron chi connectivity index (χ1n) is 11.4. The van der Waals surface area contributed by atoms with Crippen LogP contribution in [-0.4, -0.2) is 23.6 Å². The third-order valence-electron chi connectivity index (χ3n) is 5.82. The van der Waals surface area contributed by atoms with Gasteiger partial charge in [-0.1, -0.05) is 76.8 Å². The molecule has 5 heteroatoms. The molecule has 1 fully saturated rings. The highest BCUT2D eigenvalue weighted by atomic mass is 16.5. The van der Waals surface area contributed by atoms with Gasteiger partial charge in [0.1, 0.15) is 5.75 Å². The van der Waals surface area contributed by atoms with Gasteiger partial charge in [0, 0.05) is 0 Å². The van der Waals surface area contributed by atoms with Crippen molar-refractivity contribution in [2.45, 2.75) is 84.0 Å². The number of unbranched alkanes of at least 4 members (excludes halogenated alkanes) is 7. The predicted molar refractivity (Wildman–Crippen MR) is 116 cm³/mol. The van der Waals surface area contributed by atoms with Crippen molar-refractivity contribution in [1.29, 1.82) is 0 Å². The maximum absolute atomic E-state index is 12.7. The molecule has 1 saturated carbocycles. The lowest BCUT2D eigenvalue weighted by atomic mass is 9.78. The standard InChI is InChI=1S/C24H37NO4/c1-2-3-4-5-6-7-8-13-18-29-22-17-12-11-16-21(22)25-23(26)19-14-9-10-15-20(19)24(27)28/h11-12,16-17,19-20H,2-10,13-15,18H2,1H3,(H,25,26)(H,27,28). The fourth-order valence-corrected chi connectivity index (χ4v) is 4.08. The third kappa shape index (κ3) is 8.08. The lowest BCUT2D eigenvalue weighted by Gasteiger charge is -2.27. The quantitative estimate of drug-likeness (QED) is 0.394. The molecule has 1 amide bonds. The Morgan fingerprint density at radius 1 is 0.966 bits per heavy atom. The number of anilines is 1. The molecular formula is C24H37NO4. The normalized spacial score (nSPS) is 18.9. The molecule has 2 atom stereocenters. The molecule has 0 bridgehead atoms.